The number of ether oxygens (including phenoxy) is 1. The average Bonchev–Trinajstić information content (AvgIpc) is 3.15. The third-order valence-corrected chi connectivity index (χ3v) is 4.09. The van der Waals surface area contributed by atoms with E-state index in [1.54, 1.807) is 29.4 Å². The van der Waals surface area contributed by atoms with E-state index >= 15 is 0 Å². The molecule has 2 aromatic rings. The number of hydrogen-bond donors (Lipinski definition) is 1. The summed E-state index contributed by atoms with van der Waals surface area (Å²) in [6, 6.07) is 3.35. The van der Waals surface area contributed by atoms with Gasteiger partial charge in [0.1, 0.15) is 5.82 Å². The summed E-state index contributed by atoms with van der Waals surface area (Å²) in [5, 5.41) is 7.81. The highest BCUT2D eigenvalue weighted by molar-refractivity contribution is 5.92. The molecule has 0 spiro atoms. The van der Waals surface area contributed by atoms with Gasteiger partial charge in [0.05, 0.1) is 13.2 Å². The number of hydrogen-bond acceptors (Lipinski definition) is 6. The summed E-state index contributed by atoms with van der Waals surface area (Å²) in [5.41, 5.74) is 0.328. The second kappa shape index (κ2) is 6.74. The summed E-state index contributed by atoms with van der Waals surface area (Å²) in [6.07, 6.45) is 3.54. The molecule has 3 heterocycles. The second-order valence-electron chi connectivity index (χ2n) is 5.33. The average molecular weight is 316 g/mol. The number of imidazole rings is 1. The Balaban J connectivity index is 1.76. The van der Waals surface area contributed by atoms with Crippen LogP contribution in [0.4, 0.5) is 0 Å². The van der Waals surface area contributed by atoms with Crippen LogP contribution >= 0.6 is 0 Å². The van der Waals surface area contributed by atoms with Crippen molar-refractivity contribution in [3.63, 3.8) is 0 Å². The highest BCUT2D eigenvalue weighted by atomic mass is 16.5. The van der Waals surface area contributed by atoms with Crippen LogP contribution in [-0.4, -0.2) is 69.2 Å². The Labute approximate surface area is 134 Å². The van der Waals surface area contributed by atoms with Gasteiger partial charge in [0.15, 0.2) is 5.69 Å². The van der Waals surface area contributed by atoms with E-state index in [2.05, 4.69) is 32.0 Å². The molecule has 0 saturated carbocycles. The number of rotatable bonds is 4. The molecule has 1 N–H and O–H groups in total. The fourth-order valence-electron chi connectivity index (χ4n) is 2.81. The number of nitrogens with zero attached hydrogens (tertiary/aromatic N) is 5. The Morgan fingerprint density at radius 1 is 1.39 bits per heavy atom. The van der Waals surface area contributed by atoms with Gasteiger partial charge in [-0.3, -0.25) is 9.69 Å². The van der Waals surface area contributed by atoms with E-state index < -0.39 is 0 Å². The number of methoxy groups -OCH3 is 1. The van der Waals surface area contributed by atoms with Crippen molar-refractivity contribution in [2.75, 3.05) is 33.3 Å². The molecular weight excluding hydrogens is 296 g/mol. The fraction of sp³-hybridized carbons (Fsp3) is 0.467. The fourth-order valence-corrected chi connectivity index (χ4v) is 2.81. The maximum Gasteiger partial charge on any atom is 0.274 e. The van der Waals surface area contributed by atoms with Crippen molar-refractivity contribution < 1.29 is 9.53 Å². The third kappa shape index (κ3) is 3.16. The van der Waals surface area contributed by atoms with Gasteiger partial charge in [-0.2, -0.15) is 0 Å². The molecular formula is C15H20N6O2. The van der Waals surface area contributed by atoms with Crippen LogP contribution in [0, 0.1) is 0 Å². The molecule has 0 aliphatic carbocycles. The van der Waals surface area contributed by atoms with Crippen molar-refractivity contribution in [3.8, 4) is 5.88 Å². The van der Waals surface area contributed by atoms with Crippen molar-refractivity contribution in [2.45, 2.75) is 13.0 Å². The lowest BCUT2D eigenvalue weighted by molar-refractivity contribution is 0.0473. The van der Waals surface area contributed by atoms with Crippen molar-refractivity contribution in [3.05, 3.63) is 36.0 Å². The molecule has 0 aromatic carbocycles. The first-order chi connectivity index (χ1) is 11.2. The monoisotopic (exact) mass is 316 g/mol. The molecule has 3 rings (SSSR count). The molecule has 8 heteroatoms. The van der Waals surface area contributed by atoms with E-state index in [-0.39, 0.29) is 11.9 Å². The summed E-state index contributed by atoms with van der Waals surface area (Å²) >= 11 is 0. The first kappa shape index (κ1) is 15.4. The maximum absolute atomic E-state index is 12.6. The van der Waals surface area contributed by atoms with E-state index in [1.165, 1.54) is 7.11 Å². The molecule has 0 unspecified atom stereocenters. The van der Waals surface area contributed by atoms with E-state index in [0.717, 1.165) is 18.9 Å². The normalized spacial score (nSPS) is 18.9. The van der Waals surface area contributed by atoms with Gasteiger partial charge in [0.2, 0.25) is 5.88 Å². The molecule has 0 bridgehead atoms. The van der Waals surface area contributed by atoms with Crippen LogP contribution in [0.5, 0.6) is 5.88 Å². The predicted molar refractivity (Wildman–Crippen MR) is 83.1 cm³/mol. The first-order valence-corrected chi connectivity index (χ1v) is 7.63. The van der Waals surface area contributed by atoms with Crippen molar-refractivity contribution in [1.29, 1.82) is 0 Å². The number of aromatic amines is 1. The summed E-state index contributed by atoms with van der Waals surface area (Å²) in [6.45, 7) is 5.07. The number of carbonyl (C=O) groups excluding carboxylic acids is 1. The minimum absolute atomic E-state index is 0.0684. The number of amides is 1. The van der Waals surface area contributed by atoms with E-state index in [1.807, 2.05) is 0 Å². The van der Waals surface area contributed by atoms with Gasteiger partial charge in [0.25, 0.3) is 5.91 Å². The Morgan fingerprint density at radius 3 is 2.87 bits per heavy atom. The lowest BCUT2D eigenvalue weighted by Gasteiger charge is -2.39. The van der Waals surface area contributed by atoms with Crippen molar-refractivity contribution in [2.24, 2.45) is 0 Å². The summed E-state index contributed by atoms with van der Waals surface area (Å²) in [5.74, 6) is 1.16. The summed E-state index contributed by atoms with van der Waals surface area (Å²) in [7, 11) is 1.52. The maximum atomic E-state index is 12.6. The molecule has 23 heavy (non-hydrogen) atoms. The van der Waals surface area contributed by atoms with E-state index in [9.17, 15) is 4.79 Å². The van der Waals surface area contributed by atoms with Crippen LogP contribution in [0.1, 0.15) is 29.3 Å². The lowest BCUT2D eigenvalue weighted by atomic mass is 10.1. The number of H-pyrrole nitrogens is 1. The molecule has 1 atom stereocenters. The van der Waals surface area contributed by atoms with Gasteiger partial charge < -0.3 is 14.6 Å². The smallest absolute Gasteiger partial charge is 0.274 e. The Morgan fingerprint density at radius 2 is 2.26 bits per heavy atom. The quantitative estimate of drug-likeness (QED) is 0.894. The minimum Gasteiger partial charge on any atom is -0.480 e. The summed E-state index contributed by atoms with van der Waals surface area (Å²) < 4.78 is 4.97. The summed E-state index contributed by atoms with van der Waals surface area (Å²) in [4.78, 5) is 24.3. The van der Waals surface area contributed by atoms with Crippen molar-refractivity contribution >= 4 is 5.91 Å². The van der Waals surface area contributed by atoms with Gasteiger partial charge >= 0.3 is 0 Å². The van der Waals surface area contributed by atoms with Crippen LogP contribution in [0.15, 0.2) is 24.5 Å². The zero-order chi connectivity index (χ0) is 16.2. The molecule has 1 saturated heterocycles. The van der Waals surface area contributed by atoms with E-state index in [4.69, 9.17) is 4.74 Å². The topological polar surface area (TPSA) is 87.2 Å². The lowest BCUT2D eigenvalue weighted by Crippen LogP contribution is -2.50. The number of aromatic nitrogens is 4. The van der Waals surface area contributed by atoms with Crippen LogP contribution in [-0.2, 0) is 0 Å². The minimum atomic E-state index is -0.118. The number of piperazine rings is 1. The molecule has 1 fully saturated rings. The number of nitrogens with one attached hydrogen (secondary N) is 1. The van der Waals surface area contributed by atoms with Crippen LogP contribution in [0.3, 0.4) is 0 Å². The molecule has 0 radical (unpaired) electrons. The van der Waals surface area contributed by atoms with Gasteiger partial charge in [0, 0.05) is 38.1 Å². The van der Waals surface area contributed by atoms with Gasteiger partial charge in [-0.1, -0.05) is 6.92 Å². The van der Waals surface area contributed by atoms with Crippen molar-refractivity contribution in [1.82, 2.24) is 30.0 Å². The highest BCUT2D eigenvalue weighted by Gasteiger charge is 2.32. The predicted octanol–water partition coefficient (Wildman–Crippen LogP) is 0.727. The molecule has 1 amide bonds. The highest BCUT2D eigenvalue weighted by Crippen LogP contribution is 2.23. The molecule has 2 aromatic heterocycles. The third-order valence-electron chi connectivity index (χ3n) is 4.09. The van der Waals surface area contributed by atoms with Crippen LogP contribution in [0.25, 0.3) is 0 Å². The zero-order valence-corrected chi connectivity index (χ0v) is 13.3. The Bertz CT molecular complexity index is 642. The van der Waals surface area contributed by atoms with Gasteiger partial charge in [-0.25, -0.2) is 4.98 Å². The molecule has 1 aliphatic rings. The largest absolute Gasteiger partial charge is 0.480 e. The SMILES string of the molecule is CCN1CCN(C(=O)c2ccc(OC)nn2)C[C@H]1c1ncc[nH]1. The Kier molecular flexibility index (Phi) is 4.52. The number of carbonyl (C=O) groups is 1. The van der Waals surface area contributed by atoms with Gasteiger partial charge in [-0.05, 0) is 12.6 Å². The molecule has 122 valence electrons. The number of likely N-dealkylation sites (N-methyl/N-ethyl adjacent to an activating group) is 1. The molecule has 8 nitrogen and oxygen atoms in total. The van der Waals surface area contributed by atoms with Crippen LogP contribution in [0.2, 0.25) is 0 Å². The van der Waals surface area contributed by atoms with Crippen LogP contribution < -0.4 is 4.74 Å². The molecule has 1 aliphatic heterocycles. The van der Waals surface area contributed by atoms with Gasteiger partial charge in [-0.15, -0.1) is 10.2 Å². The standard InChI is InChI=1S/C15H20N6O2/c1-3-20-8-9-21(10-12(20)14-16-6-7-17-14)15(22)11-4-5-13(23-2)19-18-11/h4-7,12H,3,8-10H2,1-2H3,(H,16,17)/t12-/m0/s1. The Hall–Kier alpha value is -2.48. The van der Waals surface area contributed by atoms with E-state index in [0.29, 0.717) is 24.7 Å². The zero-order valence-electron chi connectivity index (χ0n) is 13.3. The second-order valence-corrected chi connectivity index (χ2v) is 5.33. The first-order valence-electron chi connectivity index (χ1n) is 7.63.